The highest BCUT2D eigenvalue weighted by atomic mass is 16.3. The number of pyridine rings is 1. The zero-order valence-corrected chi connectivity index (χ0v) is 14.8. The summed E-state index contributed by atoms with van der Waals surface area (Å²) in [6.07, 6.45) is 15.1. The van der Waals surface area contributed by atoms with E-state index in [-0.39, 0.29) is 12.4 Å². The van der Waals surface area contributed by atoms with Crippen LogP contribution in [0.4, 0.5) is 11.5 Å². The molecule has 0 aliphatic heterocycles. The molecule has 1 aromatic heterocycles. The Kier molecular flexibility index (Phi) is 6.33. The zero-order valence-electron chi connectivity index (χ0n) is 14.8. The van der Waals surface area contributed by atoms with Crippen LogP contribution in [0, 0.1) is 0 Å². The number of nitrogens with one attached hydrogen (secondary N) is 2. The van der Waals surface area contributed by atoms with E-state index in [1.54, 1.807) is 18.5 Å². The molecular weight excluding hydrogens is 338 g/mol. The number of carbonyl (C=O) groups is 1. The molecule has 3 rings (SSSR count). The predicted molar refractivity (Wildman–Crippen MR) is 108 cm³/mol. The van der Waals surface area contributed by atoms with Gasteiger partial charge in [0.2, 0.25) is 0 Å². The maximum absolute atomic E-state index is 12.8. The third kappa shape index (κ3) is 5.03. The Balaban J connectivity index is 1.82. The van der Waals surface area contributed by atoms with Crippen LogP contribution in [0.3, 0.4) is 0 Å². The Morgan fingerprint density at radius 2 is 2.00 bits per heavy atom. The van der Waals surface area contributed by atoms with Crippen LogP contribution in [0.25, 0.3) is 0 Å². The first-order chi connectivity index (χ1) is 13.3. The molecule has 5 nitrogen and oxygen atoms in total. The summed E-state index contributed by atoms with van der Waals surface area (Å²) in [5.74, 6) is 0.198. The largest absolute Gasteiger partial charge is 0.392 e. The van der Waals surface area contributed by atoms with Crippen LogP contribution in [0.15, 0.2) is 90.9 Å². The normalized spacial score (nSPS) is 13.3. The number of ketones is 1. The molecule has 1 aromatic carbocycles. The topological polar surface area (TPSA) is 74.2 Å². The first-order valence-electron chi connectivity index (χ1n) is 8.68. The monoisotopic (exact) mass is 359 g/mol. The molecule has 2 aromatic rings. The van der Waals surface area contributed by atoms with Crippen LogP contribution < -0.4 is 10.6 Å². The van der Waals surface area contributed by atoms with Crippen LogP contribution in [-0.4, -0.2) is 15.9 Å². The van der Waals surface area contributed by atoms with Gasteiger partial charge in [-0.15, -0.1) is 0 Å². The molecule has 136 valence electrons. The molecule has 1 heterocycles. The van der Waals surface area contributed by atoms with E-state index in [4.69, 9.17) is 0 Å². The summed E-state index contributed by atoms with van der Waals surface area (Å²) in [4.78, 5) is 17.1. The minimum absolute atomic E-state index is 0.238. The number of carbonyl (C=O) groups excluding carboxylic acids is 1. The summed E-state index contributed by atoms with van der Waals surface area (Å²) >= 11 is 0. The molecule has 0 bridgehead atoms. The molecule has 0 unspecified atom stereocenters. The molecular formula is C22H21N3O2. The van der Waals surface area contributed by atoms with Gasteiger partial charge in [0, 0.05) is 36.3 Å². The fourth-order valence-electron chi connectivity index (χ4n) is 2.66. The van der Waals surface area contributed by atoms with Crippen molar-refractivity contribution in [2.45, 2.75) is 13.0 Å². The van der Waals surface area contributed by atoms with Crippen LogP contribution in [0.5, 0.6) is 0 Å². The molecule has 0 atom stereocenters. The van der Waals surface area contributed by atoms with Crippen molar-refractivity contribution in [3.63, 3.8) is 0 Å². The summed E-state index contributed by atoms with van der Waals surface area (Å²) < 4.78 is 0. The average Bonchev–Trinajstić information content (AvgIpc) is 2.97. The van der Waals surface area contributed by atoms with Crippen molar-refractivity contribution in [2.75, 3.05) is 10.6 Å². The van der Waals surface area contributed by atoms with Crippen molar-refractivity contribution in [2.24, 2.45) is 0 Å². The lowest BCUT2D eigenvalue weighted by Crippen LogP contribution is -2.11. The number of aliphatic hydroxyl groups excluding tert-OH is 1. The highest BCUT2D eigenvalue weighted by Gasteiger charge is 2.16. The van der Waals surface area contributed by atoms with E-state index in [1.165, 1.54) is 6.08 Å². The Bertz CT molecular complexity index is 912. The summed E-state index contributed by atoms with van der Waals surface area (Å²) in [6, 6.07) is 11.2. The molecule has 0 saturated heterocycles. The summed E-state index contributed by atoms with van der Waals surface area (Å²) in [7, 11) is 0. The Hall–Kier alpha value is -3.44. The SMILES string of the molecule is O=C(/C=C/Nc1ccccc1)c1c(CO)ccnc1NC1=CC=CC=CC1. The maximum atomic E-state index is 12.8. The predicted octanol–water partition coefficient (Wildman–Crippen LogP) is 4.19. The van der Waals surface area contributed by atoms with E-state index >= 15 is 0 Å². The lowest BCUT2D eigenvalue weighted by atomic mass is 10.0. The average molecular weight is 359 g/mol. The van der Waals surface area contributed by atoms with E-state index < -0.39 is 0 Å². The second-order valence-corrected chi connectivity index (χ2v) is 5.89. The lowest BCUT2D eigenvalue weighted by molar-refractivity contribution is 0.104. The number of hydrogen-bond donors (Lipinski definition) is 3. The Labute approximate surface area is 158 Å². The fourth-order valence-corrected chi connectivity index (χ4v) is 2.66. The molecule has 5 heteroatoms. The van der Waals surface area contributed by atoms with Crippen molar-refractivity contribution < 1.29 is 9.90 Å². The van der Waals surface area contributed by atoms with Gasteiger partial charge in [0.15, 0.2) is 5.78 Å². The van der Waals surface area contributed by atoms with E-state index in [2.05, 4.69) is 15.6 Å². The summed E-state index contributed by atoms with van der Waals surface area (Å²) in [5, 5.41) is 15.9. The van der Waals surface area contributed by atoms with Gasteiger partial charge in [-0.3, -0.25) is 4.79 Å². The van der Waals surface area contributed by atoms with Crippen molar-refractivity contribution in [1.29, 1.82) is 0 Å². The molecule has 0 spiro atoms. The van der Waals surface area contributed by atoms with Gasteiger partial charge in [-0.2, -0.15) is 0 Å². The number of aromatic nitrogens is 1. The summed E-state index contributed by atoms with van der Waals surface area (Å²) in [6.45, 7) is -0.239. The van der Waals surface area contributed by atoms with Crippen molar-refractivity contribution >= 4 is 17.3 Å². The fraction of sp³-hybridized carbons (Fsp3) is 0.0909. The molecule has 1 aliphatic rings. The minimum atomic E-state index is -0.239. The van der Waals surface area contributed by atoms with E-state index in [0.29, 0.717) is 23.4 Å². The first-order valence-corrected chi connectivity index (χ1v) is 8.68. The number of para-hydroxylation sites is 1. The van der Waals surface area contributed by atoms with Gasteiger partial charge in [0.05, 0.1) is 12.2 Å². The summed E-state index contributed by atoms with van der Waals surface area (Å²) in [5.41, 5.74) is 2.70. The van der Waals surface area contributed by atoms with Gasteiger partial charge in [-0.1, -0.05) is 42.5 Å². The third-order valence-corrected chi connectivity index (χ3v) is 3.98. The van der Waals surface area contributed by atoms with Gasteiger partial charge in [0.25, 0.3) is 0 Å². The Morgan fingerprint density at radius 3 is 2.81 bits per heavy atom. The zero-order chi connectivity index (χ0) is 18.9. The van der Waals surface area contributed by atoms with E-state index in [9.17, 15) is 9.90 Å². The van der Waals surface area contributed by atoms with Crippen LogP contribution in [0.2, 0.25) is 0 Å². The van der Waals surface area contributed by atoms with Gasteiger partial charge >= 0.3 is 0 Å². The van der Waals surface area contributed by atoms with E-state index in [1.807, 2.05) is 60.7 Å². The van der Waals surface area contributed by atoms with Gasteiger partial charge < -0.3 is 15.7 Å². The second-order valence-electron chi connectivity index (χ2n) is 5.89. The van der Waals surface area contributed by atoms with Crippen LogP contribution in [-0.2, 0) is 6.61 Å². The molecule has 0 fully saturated rings. The van der Waals surface area contributed by atoms with Crippen LogP contribution >= 0.6 is 0 Å². The highest BCUT2D eigenvalue weighted by Crippen LogP contribution is 2.22. The molecule has 0 saturated carbocycles. The van der Waals surface area contributed by atoms with E-state index in [0.717, 1.165) is 11.4 Å². The molecule has 0 amide bonds. The number of rotatable bonds is 7. The molecule has 3 N–H and O–H groups in total. The van der Waals surface area contributed by atoms with Gasteiger partial charge in [-0.25, -0.2) is 4.98 Å². The first kappa shape index (κ1) is 18.4. The number of anilines is 2. The third-order valence-electron chi connectivity index (χ3n) is 3.98. The quantitative estimate of drug-likeness (QED) is 0.510. The van der Waals surface area contributed by atoms with Gasteiger partial charge in [-0.05, 0) is 29.8 Å². The molecule has 1 aliphatic carbocycles. The maximum Gasteiger partial charge on any atom is 0.191 e. The molecule has 27 heavy (non-hydrogen) atoms. The number of allylic oxidation sites excluding steroid dienone is 6. The van der Waals surface area contributed by atoms with Crippen LogP contribution in [0.1, 0.15) is 22.3 Å². The van der Waals surface area contributed by atoms with Crippen molar-refractivity contribution in [3.8, 4) is 0 Å². The Morgan fingerprint density at radius 1 is 1.15 bits per heavy atom. The number of aliphatic hydroxyl groups is 1. The lowest BCUT2D eigenvalue weighted by Gasteiger charge is -2.13. The van der Waals surface area contributed by atoms with Crippen molar-refractivity contribution in [3.05, 3.63) is 102 Å². The number of hydrogen-bond acceptors (Lipinski definition) is 5. The highest BCUT2D eigenvalue weighted by molar-refractivity contribution is 6.09. The van der Waals surface area contributed by atoms with Gasteiger partial charge in [0.1, 0.15) is 5.82 Å². The number of nitrogens with zero attached hydrogens (tertiary/aromatic N) is 1. The second kappa shape index (κ2) is 9.31. The standard InChI is InChI=1S/C22H21N3O2/c26-16-17-12-14-24-22(25-19-10-4-1-2-5-11-19)21(17)20(27)13-15-23-18-8-6-3-7-9-18/h1-10,12-15,23,26H,11,16H2,(H,24,25)/b15-13+. The number of benzene rings is 1. The van der Waals surface area contributed by atoms with Crippen molar-refractivity contribution in [1.82, 2.24) is 4.98 Å². The smallest absolute Gasteiger partial charge is 0.191 e. The molecule has 0 radical (unpaired) electrons. The minimum Gasteiger partial charge on any atom is -0.392 e.